The molecule has 1 aliphatic rings. The van der Waals surface area contributed by atoms with E-state index in [-0.39, 0.29) is 5.82 Å². The third-order valence-electron chi connectivity index (χ3n) is 5.11. The van der Waals surface area contributed by atoms with Crippen molar-refractivity contribution in [1.29, 1.82) is 0 Å². The summed E-state index contributed by atoms with van der Waals surface area (Å²) in [6.45, 7) is 5.20. The fourth-order valence-corrected chi connectivity index (χ4v) is 3.74. The lowest BCUT2D eigenvalue weighted by atomic mass is 10.1. The van der Waals surface area contributed by atoms with E-state index in [0.29, 0.717) is 40.6 Å². The predicted molar refractivity (Wildman–Crippen MR) is 121 cm³/mol. The largest absolute Gasteiger partial charge is 0.384 e. The van der Waals surface area contributed by atoms with Gasteiger partial charge in [0.25, 0.3) is 0 Å². The van der Waals surface area contributed by atoms with Gasteiger partial charge in [0, 0.05) is 52.4 Å². The quantitative estimate of drug-likeness (QED) is 0.396. The summed E-state index contributed by atoms with van der Waals surface area (Å²) in [5.41, 5.74) is 2.51. The Hall–Kier alpha value is -2.71. The summed E-state index contributed by atoms with van der Waals surface area (Å²) in [4.78, 5) is 23.7. The molecule has 160 valence electrons. The number of anilines is 3. The number of aliphatic imine (C=N–C) groups is 1. The lowest BCUT2D eigenvalue weighted by Crippen LogP contribution is -2.46. The third kappa shape index (κ3) is 4.88. The molecule has 0 aliphatic carbocycles. The summed E-state index contributed by atoms with van der Waals surface area (Å²) in [5.74, 6) is 0.393. The van der Waals surface area contributed by atoms with Gasteiger partial charge < -0.3 is 15.5 Å². The smallest absolute Gasteiger partial charge is 0.163 e. The van der Waals surface area contributed by atoms with Crippen LogP contribution in [0.25, 0.3) is 0 Å². The van der Waals surface area contributed by atoms with Crippen LogP contribution in [0.1, 0.15) is 12.5 Å². The number of carbonyl (C=O) groups excluding carboxylic acids is 1. The number of aldehydes is 1. The van der Waals surface area contributed by atoms with Crippen LogP contribution in [0.2, 0.25) is 5.15 Å². The Balaban J connectivity index is 1.68. The normalized spacial score (nSPS) is 15.2. The van der Waals surface area contributed by atoms with Crippen LogP contribution in [0.5, 0.6) is 0 Å². The van der Waals surface area contributed by atoms with E-state index in [0.717, 1.165) is 37.7 Å². The minimum absolute atomic E-state index is 0.297. The van der Waals surface area contributed by atoms with Crippen molar-refractivity contribution in [3.05, 3.63) is 40.8 Å². The second-order valence-corrected chi connectivity index (χ2v) is 7.43. The number of piperazine rings is 1. The number of pyridine rings is 1. The van der Waals surface area contributed by atoms with Gasteiger partial charge in [-0.25, -0.2) is 14.4 Å². The molecule has 2 aromatic rings. The zero-order valence-electron chi connectivity index (χ0n) is 17.4. The molecule has 1 saturated heterocycles. The number of carbonyl (C=O) groups is 1. The summed E-state index contributed by atoms with van der Waals surface area (Å²) in [7, 11) is 3.45. The van der Waals surface area contributed by atoms with Gasteiger partial charge in [-0.05, 0) is 25.1 Å². The summed E-state index contributed by atoms with van der Waals surface area (Å²) in [6, 6.07) is 7.34. The zero-order chi connectivity index (χ0) is 21.7. The van der Waals surface area contributed by atoms with Gasteiger partial charge >= 0.3 is 0 Å². The van der Waals surface area contributed by atoms with Crippen LogP contribution >= 0.6 is 11.6 Å². The van der Waals surface area contributed by atoms with E-state index < -0.39 is 0 Å². The van der Waals surface area contributed by atoms with Crippen molar-refractivity contribution in [1.82, 2.24) is 9.88 Å². The van der Waals surface area contributed by atoms with Gasteiger partial charge in [0.05, 0.1) is 22.8 Å². The SMILES string of the molecule is CNc1ccc(N2CCN(Cc3ccc(N=C(C)C=O)c(NC)c3F)CC2)c(Cl)n1. The number of halogens is 2. The monoisotopic (exact) mass is 432 g/mol. The number of rotatable bonds is 7. The summed E-state index contributed by atoms with van der Waals surface area (Å²) < 4.78 is 15.0. The fourth-order valence-electron chi connectivity index (χ4n) is 3.47. The van der Waals surface area contributed by atoms with Gasteiger partial charge in [-0.3, -0.25) is 9.69 Å². The van der Waals surface area contributed by atoms with E-state index in [1.807, 2.05) is 12.1 Å². The first-order valence-corrected chi connectivity index (χ1v) is 10.2. The molecule has 1 aromatic carbocycles. The van der Waals surface area contributed by atoms with Crippen molar-refractivity contribution in [3.63, 3.8) is 0 Å². The minimum atomic E-state index is -0.338. The highest BCUT2D eigenvalue weighted by Gasteiger charge is 2.21. The first-order chi connectivity index (χ1) is 14.5. The number of aromatic nitrogens is 1. The summed E-state index contributed by atoms with van der Waals surface area (Å²) in [6.07, 6.45) is 0.652. The number of benzene rings is 1. The molecule has 7 nitrogen and oxygen atoms in total. The lowest BCUT2D eigenvalue weighted by Gasteiger charge is -2.36. The summed E-state index contributed by atoms with van der Waals surface area (Å²) >= 11 is 6.33. The van der Waals surface area contributed by atoms with E-state index in [1.54, 1.807) is 33.2 Å². The standard InChI is InChI=1S/C21H26ClFN6O/c1-14(13-30)26-16-5-4-15(19(23)20(16)25-3)12-28-8-10-29(11-9-28)17-6-7-18(24-2)27-21(17)22/h4-7,13,25H,8-12H2,1-3H3,(H,24,27). The van der Waals surface area contributed by atoms with Gasteiger partial charge in [-0.2, -0.15) is 0 Å². The molecule has 30 heavy (non-hydrogen) atoms. The van der Waals surface area contributed by atoms with Crippen LogP contribution in [0.15, 0.2) is 29.3 Å². The zero-order valence-corrected chi connectivity index (χ0v) is 18.1. The third-order valence-corrected chi connectivity index (χ3v) is 5.39. The van der Waals surface area contributed by atoms with E-state index in [1.165, 1.54) is 0 Å². The van der Waals surface area contributed by atoms with Gasteiger partial charge in [0.2, 0.25) is 0 Å². The average molecular weight is 433 g/mol. The summed E-state index contributed by atoms with van der Waals surface area (Å²) in [5, 5.41) is 6.31. The highest BCUT2D eigenvalue weighted by Crippen LogP contribution is 2.31. The van der Waals surface area contributed by atoms with Crippen LogP contribution in [0.3, 0.4) is 0 Å². The van der Waals surface area contributed by atoms with Crippen LogP contribution in [-0.2, 0) is 11.3 Å². The molecule has 2 N–H and O–H groups in total. The molecule has 2 heterocycles. The molecule has 0 unspecified atom stereocenters. The Morgan fingerprint density at radius 3 is 2.53 bits per heavy atom. The van der Waals surface area contributed by atoms with Crippen LogP contribution < -0.4 is 15.5 Å². The molecule has 0 amide bonds. The lowest BCUT2D eigenvalue weighted by molar-refractivity contribution is -0.102. The van der Waals surface area contributed by atoms with Gasteiger partial charge in [0.1, 0.15) is 5.82 Å². The molecule has 1 aromatic heterocycles. The Kier molecular flexibility index (Phi) is 7.23. The second kappa shape index (κ2) is 9.86. The van der Waals surface area contributed by atoms with Crippen molar-refractivity contribution < 1.29 is 9.18 Å². The molecular formula is C21H26ClFN6O. The number of nitrogens with zero attached hydrogens (tertiary/aromatic N) is 4. The molecular weight excluding hydrogens is 407 g/mol. The van der Waals surface area contributed by atoms with Gasteiger partial charge in [0.15, 0.2) is 17.3 Å². The molecule has 1 fully saturated rings. The van der Waals surface area contributed by atoms with E-state index in [9.17, 15) is 4.79 Å². The van der Waals surface area contributed by atoms with Crippen molar-refractivity contribution in [2.45, 2.75) is 13.5 Å². The van der Waals surface area contributed by atoms with Crippen molar-refractivity contribution in [3.8, 4) is 0 Å². The topological polar surface area (TPSA) is 72.9 Å². The average Bonchev–Trinajstić information content (AvgIpc) is 2.76. The molecule has 9 heteroatoms. The number of hydrogen-bond acceptors (Lipinski definition) is 7. The van der Waals surface area contributed by atoms with Crippen LogP contribution in [-0.4, -0.2) is 62.2 Å². The van der Waals surface area contributed by atoms with Crippen LogP contribution in [0.4, 0.5) is 27.3 Å². The Labute approximate surface area is 180 Å². The highest BCUT2D eigenvalue weighted by atomic mass is 35.5. The first-order valence-electron chi connectivity index (χ1n) is 9.78. The molecule has 0 atom stereocenters. The minimum Gasteiger partial charge on any atom is -0.384 e. The Morgan fingerprint density at radius 1 is 1.20 bits per heavy atom. The molecule has 1 aliphatic heterocycles. The van der Waals surface area contributed by atoms with Crippen molar-refractivity contribution in [2.75, 3.05) is 55.8 Å². The molecule has 3 rings (SSSR count). The highest BCUT2D eigenvalue weighted by molar-refractivity contribution is 6.32. The molecule has 0 saturated carbocycles. The number of nitrogens with one attached hydrogen (secondary N) is 2. The first kappa shape index (κ1) is 22.0. The Morgan fingerprint density at radius 2 is 1.93 bits per heavy atom. The fraction of sp³-hybridized carbons (Fsp3) is 0.381. The molecule has 0 bridgehead atoms. The van der Waals surface area contributed by atoms with E-state index >= 15 is 4.39 Å². The maximum atomic E-state index is 15.0. The Bertz CT molecular complexity index is 943. The molecule has 0 spiro atoms. The van der Waals surface area contributed by atoms with Crippen molar-refractivity contribution in [2.24, 2.45) is 4.99 Å². The maximum Gasteiger partial charge on any atom is 0.163 e. The number of hydrogen-bond donors (Lipinski definition) is 2. The van der Waals surface area contributed by atoms with Gasteiger partial charge in [-0.15, -0.1) is 0 Å². The second-order valence-electron chi connectivity index (χ2n) is 7.07. The van der Waals surface area contributed by atoms with Crippen LogP contribution in [0, 0.1) is 5.82 Å². The van der Waals surface area contributed by atoms with Gasteiger partial charge in [-0.1, -0.05) is 17.7 Å². The predicted octanol–water partition coefficient (Wildman–Crippen LogP) is 3.57. The van der Waals surface area contributed by atoms with E-state index in [2.05, 4.69) is 30.4 Å². The maximum absolute atomic E-state index is 15.0. The van der Waals surface area contributed by atoms with Crippen molar-refractivity contribution >= 4 is 46.5 Å². The van der Waals surface area contributed by atoms with E-state index in [4.69, 9.17) is 11.6 Å². The molecule has 0 radical (unpaired) electrons.